The van der Waals surface area contributed by atoms with Gasteiger partial charge < -0.3 is 19.6 Å². The van der Waals surface area contributed by atoms with Crippen LogP contribution in [0, 0.1) is 0 Å². The molecule has 0 spiro atoms. The first kappa shape index (κ1) is 18.8. The fraction of sp³-hybridized carbons (Fsp3) is 0.222. The van der Waals surface area contributed by atoms with Crippen molar-refractivity contribution < 1.29 is 19.1 Å². The number of carbonyl (C=O) groups is 1. The Bertz CT molecular complexity index is 747. The van der Waals surface area contributed by atoms with Crippen LogP contribution < -0.4 is 14.8 Å². The number of rotatable bonds is 7. The molecule has 0 unspecified atom stereocenters. The molecule has 0 aliphatic heterocycles. The molecule has 1 N–H and O–H groups in total. The highest BCUT2D eigenvalue weighted by atomic mass is 79.9. The SMILES string of the molecule is COc1ccc(OC)c(/C=N\O[C@@H](C)C(=O)Nc2ccc(Br)cc2)c1. The molecule has 0 heterocycles. The molecule has 0 bridgehead atoms. The third-order valence-corrected chi connectivity index (χ3v) is 3.86. The molecular formula is C18H19BrN2O4. The van der Waals surface area contributed by atoms with Crippen molar-refractivity contribution in [1.29, 1.82) is 0 Å². The number of nitrogens with one attached hydrogen (secondary N) is 1. The molecule has 1 atom stereocenters. The molecule has 0 saturated carbocycles. The van der Waals surface area contributed by atoms with Crippen LogP contribution in [0.15, 0.2) is 52.1 Å². The number of halogens is 1. The van der Waals surface area contributed by atoms with Gasteiger partial charge in [-0.15, -0.1) is 0 Å². The van der Waals surface area contributed by atoms with E-state index >= 15 is 0 Å². The summed E-state index contributed by atoms with van der Waals surface area (Å²) in [5.41, 5.74) is 1.37. The van der Waals surface area contributed by atoms with E-state index in [9.17, 15) is 4.79 Å². The van der Waals surface area contributed by atoms with E-state index in [1.165, 1.54) is 6.21 Å². The summed E-state index contributed by atoms with van der Waals surface area (Å²) in [4.78, 5) is 17.3. The van der Waals surface area contributed by atoms with Crippen molar-refractivity contribution in [3.63, 3.8) is 0 Å². The predicted octanol–water partition coefficient (Wildman–Crippen LogP) is 3.84. The number of oxime groups is 1. The van der Waals surface area contributed by atoms with Gasteiger partial charge >= 0.3 is 0 Å². The topological polar surface area (TPSA) is 69.1 Å². The van der Waals surface area contributed by atoms with Gasteiger partial charge in [0.15, 0.2) is 0 Å². The Hall–Kier alpha value is -2.54. The van der Waals surface area contributed by atoms with Gasteiger partial charge in [-0.2, -0.15) is 0 Å². The molecule has 0 aromatic heterocycles. The largest absolute Gasteiger partial charge is 0.497 e. The van der Waals surface area contributed by atoms with Gasteiger partial charge in [-0.3, -0.25) is 4.79 Å². The van der Waals surface area contributed by atoms with Gasteiger partial charge in [0.25, 0.3) is 5.91 Å². The van der Waals surface area contributed by atoms with Gasteiger partial charge in [0.2, 0.25) is 6.10 Å². The maximum Gasteiger partial charge on any atom is 0.267 e. The number of hydrogen-bond acceptors (Lipinski definition) is 5. The van der Waals surface area contributed by atoms with Crippen LogP contribution in [0.4, 0.5) is 5.69 Å². The Morgan fingerprint density at radius 3 is 2.52 bits per heavy atom. The minimum absolute atomic E-state index is 0.294. The average molecular weight is 407 g/mol. The normalized spacial score (nSPS) is 11.8. The van der Waals surface area contributed by atoms with E-state index in [-0.39, 0.29) is 5.91 Å². The van der Waals surface area contributed by atoms with Crippen LogP contribution in [-0.4, -0.2) is 32.4 Å². The summed E-state index contributed by atoms with van der Waals surface area (Å²) in [5.74, 6) is 1.00. The zero-order valence-electron chi connectivity index (χ0n) is 14.2. The molecule has 2 rings (SSSR count). The first-order valence-electron chi connectivity index (χ1n) is 7.51. The van der Waals surface area contributed by atoms with E-state index < -0.39 is 6.10 Å². The van der Waals surface area contributed by atoms with Crippen molar-refractivity contribution >= 4 is 33.7 Å². The molecule has 0 aliphatic rings. The fourth-order valence-electron chi connectivity index (χ4n) is 1.94. The van der Waals surface area contributed by atoms with Crippen LogP contribution in [0.5, 0.6) is 11.5 Å². The molecule has 25 heavy (non-hydrogen) atoms. The zero-order chi connectivity index (χ0) is 18.2. The van der Waals surface area contributed by atoms with Crippen LogP contribution in [0.25, 0.3) is 0 Å². The number of ether oxygens (including phenoxy) is 2. The monoisotopic (exact) mass is 406 g/mol. The first-order valence-corrected chi connectivity index (χ1v) is 8.30. The molecule has 132 valence electrons. The lowest BCUT2D eigenvalue weighted by Gasteiger charge is -2.11. The molecule has 0 radical (unpaired) electrons. The molecular weight excluding hydrogens is 388 g/mol. The van der Waals surface area contributed by atoms with Crippen molar-refractivity contribution in [2.24, 2.45) is 5.16 Å². The predicted molar refractivity (Wildman–Crippen MR) is 100 cm³/mol. The third kappa shape index (κ3) is 5.49. The smallest absolute Gasteiger partial charge is 0.267 e. The first-order chi connectivity index (χ1) is 12.0. The molecule has 2 aromatic carbocycles. The Labute approximate surface area is 154 Å². The molecule has 6 nitrogen and oxygen atoms in total. The van der Waals surface area contributed by atoms with Crippen LogP contribution in [-0.2, 0) is 9.63 Å². The maximum atomic E-state index is 12.1. The number of hydrogen-bond donors (Lipinski definition) is 1. The van der Waals surface area contributed by atoms with Crippen molar-refractivity contribution in [3.8, 4) is 11.5 Å². The molecule has 1 amide bonds. The van der Waals surface area contributed by atoms with E-state index in [0.29, 0.717) is 22.7 Å². The standard InChI is InChI=1S/C18H19BrN2O4/c1-12(18(22)21-15-6-4-14(19)5-7-15)25-20-11-13-10-16(23-2)8-9-17(13)24-3/h4-12H,1-3H3,(H,21,22)/b20-11-/t12-/m0/s1. The van der Waals surface area contributed by atoms with E-state index in [4.69, 9.17) is 14.3 Å². The molecule has 2 aromatic rings. The summed E-state index contributed by atoms with van der Waals surface area (Å²) in [7, 11) is 3.14. The fourth-order valence-corrected chi connectivity index (χ4v) is 2.21. The summed E-state index contributed by atoms with van der Waals surface area (Å²) >= 11 is 3.34. The lowest BCUT2D eigenvalue weighted by Crippen LogP contribution is -2.26. The highest BCUT2D eigenvalue weighted by Crippen LogP contribution is 2.22. The molecule has 0 saturated heterocycles. The van der Waals surface area contributed by atoms with Crippen LogP contribution in [0.1, 0.15) is 12.5 Å². The van der Waals surface area contributed by atoms with E-state index in [2.05, 4.69) is 26.4 Å². The molecule has 0 aliphatic carbocycles. The van der Waals surface area contributed by atoms with Crippen LogP contribution >= 0.6 is 15.9 Å². The minimum Gasteiger partial charge on any atom is -0.497 e. The summed E-state index contributed by atoms with van der Waals surface area (Å²) in [6.45, 7) is 1.62. The second-order valence-electron chi connectivity index (χ2n) is 5.09. The summed E-state index contributed by atoms with van der Waals surface area (Å²) < 4.78 is 11.4. The highest BCUT2D eigenvalue weighted by Gasteiger charge is 2.14. The quantitative estimate of drug-likeness (QED) is 0.559. The number of nitrogens with zero attached hydrogens (tertiary/aromatic N) is 1. The van der Waals surface area contributed by atoms with Gasteiger partial charge in [0.1, 0.15) is 11.5 Å². The summed E-state index contributed by atoms with van der Waals surface area (Å²) in [6, 6.07) is 12.6. The van der Waals surface area contributed by atoms with Crippen molar-refractivity contribution in [2.75, 3.05) is 19.5 Å². The Morgan fingerprint density at radius 1 is 1.16 bits per heavy atom. The van der Waals surface area contributed by atoms with Crippen molar-refractivity contribution in [3.05, 3.63) is 52.5 Å². The maximum absolute atomic E-state index is 12.1. The number of anilines is 1. The van der Waals surface area contributed by atoms with E-state index in [1.54, 1.807) is 51.5 Å². The Balaban J connectivity index is 1.96. The van der Waals surface area contributed by atoms with E-state index in [1.807, 2.05) is 12.1 Å². The van der Waals surface area contributed by atoms with Crippen molar-refractivity contribution in [2.45, 2.75) is 13.0 Å². The molecule has 7 heteroatoms. The van der Waals surface area contributed by atoms with E-state index in [0.717, 1.165) is 4.47 Å². The third-order valence-electron chi connectivity index (χ3n) is 3.33. The van der Waals surface area contributed by atoms with Gasteiger partial charge in [-0.25, -0.2) is 0 Å². The van der Waals surface area contributed by atoms with Crippen molar-refractivity contribution in [1.82, 2.24) is 0 Å². The molecule has 0 fully saturated rings. The average Bonchev–Trinajstić information content (AvgIpc) is 2.63. The Morgan fingerprint density at radius 2 is 1.88 bits per heavy atom. The lowest BCUT2D eigenvalue weighted by atomic mass is 10.2. The van der Waals surface area contributed by atoms with Gasteiger partial charge in [0, 0.05) is 15.7 Å². The zero-order valence-corrected chi connectivity index (χ0v) is 15.7. The van der Waals surface area contributed by atoms with Crippen LogP contribution in [0.3, 0.4) is 0 Å². The Kier molecular flexibility index (Phi) is 6.82. The van der Waals surface area contributed by atoms with Gasteiger partial charge in [0.05, 0.1) is 20.4 Å². The number of benzene rings is 2. The van der Waals surface area contributed by atoms with Crippen LogP contribution in [0.2, 0.25) is 0 Å². The number of amides is 1. The second kappa shape index (κ2) is 9.08. The van der Waals surface area contributed by atoms with Gasteiger partial charge in [-0.1, -0.05) is 21.1 Å². The number of methoxy groups -OCH3 is 2. The highest BCUT2D eigenvalue weighted by molar-refractivity contribution is 9.10. The number of carbonyl (C=O) groups excluding carboxylic acids is 1. The summed E-state index contributed by atoms with van der Waals surface area (Å²) in [5, 5.41) is 6.63. The lowest BCUT2D eigenvalue weighted by molar-refractivity contribution is -0.126. The minimum atomic E-state index is -0.753. The summed E-state index contributed by atoms with van der Waals surface area (Å²) in [6.07, 6.45) is 0.724. The second-order valence-corrected chi connectivity index (χ2v) is 6.00. The van der Waals surface area contributed by atoms with Gasteiger partial charge in [-0.05, 0) is 49.4 Å².